The van der Waals surface area contributed by atoms with E-state index in [9.17, 15) is 9.59 Å². The van der Waals surface area contributed by atoms with Crippen LogP contribution in [0.25, 0.3) is 0 Å². The highest BCUT2D eigenvalue weighted by Gasteiger charge is 2.11. The van der Waals surface area contributed by atoms with E-state index in [-0.39, 0.29) is 18.3 Å². The van der Waals surface area contributed by atoms with Gasteiger partial charge in [0.1, 0.15) is 11.5 Å². The monoisotopic (exact) mass is 327 g/mol. The second-order valence-corrected chi connectivity index (χ2v) is 5.08. The van der Waals surface area contributed by atoms with Crippen LogP contribution in [0.5, 0.6) is 11.5 Å². The number of rotatable bonds is 8. The predicted octanol–water partition coefficient (Wildman–Crippen LogP) is 3.20. The van der Waals surface area contributed by atoms with Crippen LogP contribution in [0.1, 0.15) is 30.1 Å². The van der Waals surface area contributed by atoms with Crippen molar-refractivity contribution >= 4 is 11.9 Å². The van der Waals surface area contributed by atoms with Gasteiger partial charge in [-0.25, -0.2) is 0 Å². The van der Waals surface area contributed by atoms with Crippen LogP contribution in [0.2, 0.25) is 0 Å². The molecule has 1 amide bonds. The van der Waals surface area contributed by atoms with Crippen LogP contribution in [0, 0.1) is 0 Å². The molecule has 2 aromatic rings. The summed E-state index contributed by atoms with van der Waals surface area (Å²) in [5, 5.41) is 2.79. The Morgan fingerprint density at radius 3 is 2.46 bits per heavy atom. The van der Waals surface area contributed by atoms with E-state index in [0.29, 0.717) is 36.6 Å². The quantitative estimate of drug-likeness (QED) is 0.459. The van der Waals surface area contributed by atoms with E-state index in [1.807, 2.05) is 19.1 Å². The van der Waals surface area contributed by atoms with Gasteiger partial charge in [0.2, 0.25) is 0 Å². The lowest BCUT2D eigenvalue weighted by molar-refractivity contribution is -0.134. The Morgan fingerprint density at radius 1 is 1.00 bits per heavy atom. The van der Waals surface area contributed by atoms with Crippen LogP contribution in [0.3, 0.4) is 0 Å². The summed E-state index contributed by atoms with van der Waals surface area (Å²) < 4.78 is 10.6. The Kier molecular flexibility index (Phi) is 6.83. The lowest BCUT2D eigenvalue weighted by Gasteiger charge is -2.10. The zero-order chi connectivity index (χ0) is 17.2. The van der Waals surface area contributed by atoms with Crippen molar-refractivity contribution in [2.24, 2.45) is 0 Å². The normalized spacial score (nSPS) is 10.0. The molecule has 0 aliphatic carbocycles. The Hall–Kier alpha value is -2.82. The van der Waals surface area contributed by atoms with Crippen LogP contribution in [-0.2, 0) is 4.79 Å². The number of esters is 1. The molecule has 2 aromatic carbocycles. The van der Waals surface area contributed by atoms with Crippen molar-refractivity contribution in [1.82, 2.24) is 5.32 Å². The molecule has 0 saturated carbocycles. The van der Waals surface area contributed by atoms with E-state index in [1.165, 1.54) is 0 Å². The maximum Gasteiger partial charge on any atom is 0.311 e. The highest BCUT2D eigenvalue weighted by Crippen LogP contribution is 2.17. The van der Waals surface area contributed by atoms with E-state index >= 15 is 0 Å². The van der Waals surface area contributed by atoms with Gasteiger partial charge >= 0.3 is 5.97 Å². The van der Waals surface area contributed by atoms with Crippen molar-refractivity contribution in [3.05, 3.63) is 60.2 Å². The average molecular weight is 327 g/mol. The topological polar surface area (TPSA) is 64.6 Å². The summed E-state index contributed by atoms with van der Waals surface area (Å²) in [4.78, 5) is 23.9. The van der Waals surface area contributed by atoms with Gasteiger partial charge in [-0.3, -0.25) is 9.59 Å². The molecule has 126 valence electrons. The Morgan fingerprint density at radius 2 is 1.71 bits per heavy atom. The lowest BCUT2D eigenvalue weighted by Crippen LogP contribution is -2.25. The molecule has 0 saturated heterocycles. The van der Waals surface area contributed by atoms with Crippen LogP contribution >= 0.6 is 0 Å². The minimum absolute atomic E-state index is 0.213. The second kappa shape index (κ2) is 9.35. The minimum atomic E-state index is -0.315. The molecule has 5 nitrogen and oxygen atoms in total. The van der Waals surface area contributed by atoms with Crippen molar-refractivity contribution in [2.75, 3.05) is 13.2 Å². The molecular formula is C19H21NO4. The maximum atomic E-state index is 12.2. The first-order valence-electron chi connectivity index (χ1n) is 7.96. The maximum absolute atomic E-state index is 12.2. The van der Waals surface area contributed by atoms with Crippen molar-refractivity contribution in [2.45, 2.75) is 19.8 Å². The zero-order valence-corrected chi connectivity index (χ0v) is 13.7. The molecule has 0 bridgehead atoms. The van der Waals surface area contributed by atoms with Gasteiger partial charge in [-0.15, -0.1) is 0 Å². The van der Waals surface area contributed by atoms with Gasteiger partial charge in [-0.2, -0.15) is 0 Å². The SMILES string of the molecule is CCOc1ccccc1C(=O)NCCCC(=O)Oc1ccccc1. The molecule has 0 radical (unpaired) electrons. The van der Waals surface area contributed by atoms with E-state index in [4.69, 9.17) is 9.47 Å². The summed E-state index contributed by atoms with van der Waals surface area (Å²) >= 11 is 0. The van der Waals surface area contributed by atoms with Crippen molar-refractivity contribution < 1.29 is 19.1 Å². The average Bonchev–Trinajstić information content (AvgIpc) is 2.60. The van der Waals surface area contributed by atoms with Crippen LogP contribution in [-0.4, -0.2) is 25.0 Å². The van der Waals surface area contributed by atoms with Gasteiger partial charge in [0.15, 0.2) is 0 Å². The van der Waals surface area contributed by atoms with Crippen LogP contribution < -0.4 is 14.8 Å². The van der Waals surface area contributed by atoms with Gasteiger partial charge in [0, 0.05) is 13.0 Å². The molecule has 5 heteroatoms. The number of ether oxygens (including phenoxy) is 2. The Balaban J connectivity index is 1.74. The molecule has 0 aliphatic rings. The summed E-state index contributed by atoms with van der Waals surface area (Å²) in [7, 11) is 0. The standard InChI is InChI=1S/C19H21NO4/c1-2-23-17-12-7-6-11-16(17)19(22)20-14-8-13-18(21)24-15-9-4-3-5-10-15/h3-7,9-12H,2,8,13-14H2,1H3,(H,20,22). The Labute approximate surface area is 141 Å². The zero-order valence-electron chi connectivity index (χ0n) is 13.7. The third kappa shape index (κ3) is 5.43. The molecule has 0 fully saturated rings. The molecule has 2 rings (SSSR count). The molecule has 24 heavy (non-hydrogen) atoms. The Bertz CT molecular complexity index is 670. The molecule has 0 atom stereocenters. The van der Waals surface area contributed by atoms with Crippen molar-refractivity contribution in [3.63, 3.8) is 0 Å². The highest BCUT2D eigenvalue weighted by molar-refractivity contribution is 5.96. The van der Waals surface area contributed by atoms with Gasteiger partial charge in [0.05, 0.1) is 12.2 Å². The number of amides is 1. The van der Waals surface area contributed by atoms with Gasteiger partial charge in [0.25, 0.3) is 5.91 Å². The molecule has 0 spiro atoms. The summed E-state index contributed by atoms with van der Waals surface area (Å²) in [5.41, 5.74) is 0.492. The second-order valence-electron chi connectivity index (χ2n) is 5.08. The third-order valence-corrected chi connectivity index (χ3v) is 3.25. The van der Waals surface area contributed by atoms with E-state index < -0.39 is 0 Å². The van der Waals surface area contributed by atoms with Gasteiger partial charge in [-0.05, 0) is 37.6 Å². The fourth-order valence-electron chi connectivity index (χ4n) is 2.14. The summed E-state index contributed by atoms with van der Waals surface area (Å²) in [6.45, 7) is 2.76. The molecule has 0 unspecified atom stereocenters. The summed E-state index contributed by atoms with van der Waals surface area (Å²) in [6.07, 6.45) is 0.747. The highest BCUT2D eigenvalue weighted by atomic mass is 16.5. The number of benzene rings is 2. The number of hydrogen-bond donors (Lipinski definition) is 1. The molecule has 0 aliphatic heterocycles. The fraction of sp³-hybridized carbons (Fsp3) is 0.263. The number of para-hydroxylation sites is 2. The van der Waals surface area contributed by atoms with Crippen molar-refractivity contribution in [1.29, 1.82) is 0 Å². The molecule has 1 N–H and O–H groups in total. The van der Waals surface area contributed by atoms with Crippen LogP contribution in [0.4, 0.5) is 0 Å². The van der Waals surface area contributed by atoms with Gasteiger partial charge < -0.3 is 14.8 Å². The first-order valence-corrected chi connectivity index (χ1v) is 7.96. The largest absolute Gasteiger partial charge is 0.493 e. The fourth-order valence-corrected chi connectivity index (χ4v) is 2.14. The molecular weight excluding hydrogens is 306 g/mol. The first-order chi connectivity index (χ1) is 11.7. The summed E-state index contributed by atoms with van der Waals surface area (Å²) in [5.74, 6) is 0.554. The first kappa shape index (κ1) is 17.5. The van der Waals surface area contributed by atoms with Gasteiger partial charge in [-0.1, -0.05) is 30.3 Å². The molecule has 0 heterocycles. The third-order valence-electron chi connectivity index (χ3n) is 3.25. The number of hydrogen-bond acceptors (Lipinski definition) is 4. The van der Waals surface area contributed by atoms with Crippen molar-refractivity contribution in [3.8, 4) is 11.5 Å². The lowest BCUT2D eigenvalue weighted by atomic mass is 10.2. The predicted molar refractivity (Wildman–Crippen MR) is 91.3 cm³/mol. The number of carbonyl (C=O) groups is 2. The smallest absolute Gasteiger partial charge is 0.311 e. The minimum Gasteiger partial charge on any atom is -0.493 e. The van der Waals surface area contributed by atoms with Crippen LogP contribution in [0.15, 0.2) is 54.6 Å². The van der Waals surface area contributed by atoms with E-state index in [0.717, 1.165) is 0 Å². The van der Waals surface area contributed by atoms with E-state index in [2.05, 4.69) is 5.32 Å². The van der Waals surface area contributed by atoms with E-state index in [1.54, 1.807) is 42.5 Å². The molecule has 0 aromatic heterocycles. The number of carbonyl (C=O) groups excluding carboxylic acids is 2. The number of nitrogens with one attached hydrogen (secondary N) is 1. The summed E-state index contributed by atoms with van der Waals surface area (Å²) in [6, 6.07) is 16.0.